The summed E-state index contributed by atoms with van der Waals surface area (Å²) in [6.45, 7) is 0. The molecule has 90 valence electrons. The van der Waals surface area contributed by atoms with E-state index in [2.05, 4.69) is 0 Å². The maximum Gasteiger partial charge on any atom is 0.165 e. The average molecular weight is 248 g/mol. The highest BCUT2D eigenvalue weighted by molar-refractivity contribution is 5.85. The SMILES string of the molecule is Cl.N[C@@H](c1cccc(F)c1O)[C@H](O)C1CC1. The number of hydrogen-bond donors (Lipinski definition) is 3. The Bertz CT molecular complexity index is 371. The molecule has 1 saturated carbocycles. The fraction of sp³-hybridized carbons (Fsp3) is 0.455. The molecule has 2 atom stereocenters. The van der Waals surface area contributed by atoms with Gasteiger partial charge in [0.25, 0.3) is 0 Å². The first-order chi connectivity index (χ1) is 7.11. The lowest BCUT2D eigenvalue weighted by Gasteiger charge is -2.19. The molecule has 4 N–H and O–H groups in total. The summed E-state index contributed by atoms with van der Waals surface area (Å²) in [5, 5.41) is 19.2. The molecule has 0 radical (unpaired) electrons. The molecule has 1 fully saturated rings. The van der Waals surface area contributed by atoms with E-state index in [0.717, 1.165) is 18.9 Å². The molecule has 0 aromatic heterocycles. The zero-order valence-corrected chi connectivity index (χ0v) is 9.45. The van der Waals surface area contributed by atoms with Gasteiger partial charge in [-0.1, -0.05) is 12.1 Å². The second-order valence-electron chi connectivity index (χ2n) is 4.03. The zero-order chi connectivity index (χ0) is 11.0. The predicted molar refractivity (Wildman–Crippen MR) is 61.0 cm³/mol. The molecule has 2 rings (SSSR count). The van der Waals surface area contributed by atoms with E-state index in [1.807, 2.05) is 0 Å². The third-order valence-electron chi connectivity index (χ3n) is 2.85. The molecule has 1 aliphatic rings. The van der Waals surface area contributed by atoms with Crippen molar-refractivity contribution in [3.63, 3.8) is 0 Å². The van der Waals surface area contributed by atoms with Gasteiger partial charge in [-0.05, 0) is 24.8 Å². The lowest BCUT2D eigenvalue weighted by atomic mass is 9.98. The second-order valence-corrected chi connectivity index (χ2v) is 4.03. The van der Waals surface area contributed by atoms with Crippen LogP contribution in [0.1, 0.15) is 24.4 Å². The highest BCUT2D eigenvalue weighted by Gasteiger charge is 2.35. The summed E-state index contributed by atoms with van der Waals surface area (Å²) in [6.07, 6.45) is 1.20. The Morgan fingerprint density at radius 1 is 1.38 bits per heavy atom. The quantitative estimate of drug-likeness (QED) is 0.762. The maximum atomic E-state index is 13.0. The van der Waals surface area contributed by atoms with E-state index in [1.165, 1.54) is 12.1 Å². The highest BCUT2D eigenvalue weighted by Crippen LogP contribution is 2.39. The Labute approximate surface area is 99.5 Å². The third kappa shape index (κ3) is 2.45. The van der Waals surface area contributed by atoms with Crippen molar-refractivity contribution in [2.75, 3.05) is 0 Å². The van der Waals surface area contributed by atoms with E-state index in [9.17, 15) is 14.6 Å². The molecule has 5 heteroatoms. The van der Waals surface area contributed by atoms with Gasteiger partial charge >= 0.3 is 0 Å². The summed E-state index contributed by atoms with van der Waals surface area (Å²) < 4.78 is 13.0. The molecule has 0 amide bonds. The van der Waals surface area contributed by atoms with Crippen LogP contribution in [0.2, 0.25) is 0 Å². The van der Waals surface area contributed by atoms with E-state index in [4.69, 9.17) is 5.73 Å². The van der Waals surface area contributed by atoms with Gasteiger partial charge in [0.15, 0.2) is 11.6 Å². The highest BCUT2D eigenvalue weighted by atomic mass is 35.5. The van der Waals surface area contributed by atoms with Gasteiger partial charge < -0.3 is 15.9 Å². The van der Waals surface area contributed by atoms with Crippen molar-refractivity contribution < 1.29 is 14.6 Å². The number of aliphatic hydroxyl groups is 1. The van der Waals surface area contributed by atoms with E-state index < -0.39 is 23.7 Å². The number of phenolic OH excluding ortho intramolecular Hbond substituents is 1. The predicted octanol–water partition coefficient (Wildman–Crippen LogP) is 1.72. The Morgan fingerprint density at radius 2 is 2.00 bits per heavy atom. The van der Waals surface area contributed by atoms with Gasteiger partial charge in [-0.25, -0.2) is 4.39 Å². The number of benzene rings is 1. The van der Waals surface area contributed by atoms with Crippen LogP contribution in [-0.4, -0.2) is 16.3 Å². The van der Waals surface area contributed by atoms with Crippen LogP contribution in [0.3, 0.4) is 0 Å². The summed E-state index contributed by atoms with van der Waals surface area (Å²) in [5.74, 6) is -0.960. The summed E-state index contributed by atoms with van der Waals surface area (Å²) in [7, 11) is 0. The van der Waals surface area contributed by atoms with Gasteiger partial charge in [-0.3, -0.25) is 0 Å². The first-order valence-corrected chi connectivity index (χ1v) is 5.02. The Morgan fingerprint density at radius 3 is 2.56 bits per heavy atom. The minimum atomic E-state index is -0.715. The molecule has 16 heavy (non-hydrogen) atoms. The number of aromatic hydroxyl groups is 1. The lowest BCUT2D eigenvalue weighted by molar-refractivity contribution is 0.121. The largest absolute Gasteiger partial charge is 0.505 e. The number of halogens is 2. The molecule has 0 heterocycles. The van der Waals surface area contributed by atoms with Crippen molar-refractivity contribution in [3.05, 3.63) is 29.6 Å². The average Bonchev–Trinajstić information content (AvgIpc) is 3.03. The van der Waals surface area contributed by atoms with Crippen molar-refractivity contribution in [1.29, 1.82) is 0 Å². The van der Waals surface area contributed by atoms with Crippen LogP contribution < -0.4 is 5.73 Å². The van der Waals surface area contributed by atoms with Crippen LogP contribution in [0.4, 0.5) is 4.39 Å². The molecular weight excluding hydrogens is 233 g/mol. The molecule has 1 aromatic carbocycles. The van der Waals surface area contributed by atoms with E-state index in [1.54, 1.807) is 0 Å². The molecular formula is C11H15ClFNO2. The fourth-order valence-electron chi connectivity index (χ4n) is 1.72. The standard InChI is InChI=1S/C11H14FNO2.ClH/c12-8-3-1-2-7(11(8)15)9(13)10(14)6-4-5-6;/h1-3,6,9-10,14-15H,4-5,13H2;1H/t9-,10+;/m0./s1. The number of rotatable bonds is 3. The molecule has 3 nitrogen and oxygen atoms in total. The molecule has 0 aliphatic heterocycles. The van der Waals surface area contributed by atoms with Crippen molar-refractivity contribution in [3.8, 4) is 5.75 Å². The van der Waals surface area contributed by atoms with Gasteiger partial charge in [-0.2, -0.15) is 0 Å². The normalized spacial score (nSPS) is 18.7. The van der Waals surface area contributed by atoms with Crippen LogP contribution in [0, 0.1) is 11.7 Å². The van der Waals surface area contributed by atoms with Gasteiger partial charge in [-0.15, -0.1) is 12.4 Å². The minimum Gasteiger partial charge on any atom is -0.505 e. The van der Waals surface area contributed by atoms with E-state index >= 15 is 0 Å². The number of aliphatic hydroxyl groups excluding tert-OH is 1. The molecule has 0 spiro atoms. The van der Waals surface area contributed by atoms with Gasteiger partial charge in [0, 0.05) is 5.56 Å². The molecule has 0 unspecified atom stereocenters. The van der Waals surface area contributed by atoms with E-state index in [-0.39, 0.29) is 23.9 Å². The number of phenols is 1. The summed E-state index contributed by atoms with van der Waals surface area (Å²) in [6, 6.07) is 3.46. The third-order valence-corrected chi connectivity index (χ3v) is 2.85. The van der Waals surface area contributed by atoms with Crippen LogP contribution in [0.25, 0.3) is 0 Å². The minimum absolute atomic E-state index is 0. The number of hydrogen-bond acceptors (Lipinski definition) is 3. The Hall–Kier alpha value is -0.840. The van der Waals surface area contributed by atoms with Crippen LogP contribution in [-0.2, 0) is 0 Å². The number of para-hydroxylation sites is 1. The molecule has 0 bridgehead atoms. The second kappa shape index (κ2) is 4.99. The van der Waals surface area contributed by atoms with Gasteiger partial charge in [0.2, 0.25) is 0 Å². The Balaban J connectivity index is 0.00000128. The van der Waals surface area contributed by atoms with Crippen LogP contribution in [0.15, 0.2) is 18.2 Å². The molecule has 0 saturated heterocycles. The van der Waals surface area contributed by atoms with Crippen molar-refractivity contribution >= 4 is 12.4 Å². The van der Waals surface area contributed by atoms with Crippen molar-refractivity contribution in [2.45, 2.75) is 25.0 Å². The Kier molecular flexibility index (Phi) is 4.13. The zero-order valence-electron chi connectivity index (χ0n) is 8.64. The van der Waals surface area contributed by atoms with E-state index in [0.29, 0.717) is 0 Å². The van der Waals surface area contributed by atoms with Crippen molar-refractivity contribution in [1.82, 2.24) is 0 Å². The summed E-state index contributed by atoms with van der Waals surface area (Å²) in [5.41, 5.74) is 6.05. The lowest BCUT2D eigenvalue weighted by Crippen LogP contribution is -2.28. The summed E-state index contributed by atoms with van der Waals surface area (Å²) in [4.78, 5) is 0. The van der Waals surface area contributed by atoms with Crippen molar-refractivity contribution in [2.24, 2.45) is 11.7 Å². The van der Waals surface area contributed by atoms with Gasteiger partial charge in [0.1, 0.15) is 0 Å². The summed E-state index contributed by atoms with van der Waals surface area (Å²) >= 11 is 0. The topological polar surface area (TPSA) is 66.5 Å². The smallest absolute Gasteiger partial charge is 0.165 e. The fourth-order valence-corrected chi connectivity index (χ4v) is 1.72. The first-order valence-electron chi connectivity index (χ1n) is 5.02. The first kappa shape index (κ1) is 13.2. The monoisotopic (exact) mass is 247 g/mol. The van der Waals surface area contributed by atoms with Crippen LogP contribution >= 0.6 is 12.4 Å². The molecule has 1 aliphatic carbocycles. The number of nitrogens with two attached hydrogens (primary N) is 1. The van der Waals surface area contributed by atoms with Gasteiger partial charge in [0.05, 0.1) is 12.1 Å². The maximum absolute atomic E-state index is 13.0. The molecule has 1 aromatic rings. The van der Waals surface area contributed by atoms with Crippen LogP contribution in [0.5, 0.6) is 5.75 Å².